The van der Waals surface area contributed by atoms with Gasteiger partial charge < -0.3 is 15.5 Å². The molecular weight excluding hydrogens is 283 g/mol. The SMILES string of the molecule is CN1CCC[C@@H](NC(=O)Nc2ccccc2C(F)(F)F)C1. The molecule has 2 amide bonds. The van der Waals surface area contributed by atoms with E-state index < -0.39 is 17.8 Å². The Hall–Kier alpha value is -1.76. The molecule has 0 saturated carbocycles. The lowest BCUT2D eigenvalue weighted by atomic mass is 10.1. The minimum absolute atomic E-state index is 0.0400. The predicted octanol–water partition coefficient (Wildman–Crippen LogP) is 2.92. The summed E-state index contributed by atoms with van der Waals surface area (Å²) in [5.74, 6) is 0. The molecule has 0 spiro atoms. The first kappa shape index (κ1) is 15.6. The summed E-state index contributed by atoms with van der Waals surface area (Å²) in [4.78, 5) is 13.9. The number of amides is 2. The van der Waals surface area contributed by atoms with Crippen molar-refractivity contribution in [1.82, 2.24) is 10.2 Å². The van der Waals surface area contributed by atoms with E-state index in [1.54, 1.807) is 0 Å². The molecule has 1 aliphatic heterocycles. The van der Waals surface area contributed by atoms with Crippen molar-refractivity contribution < 1.29 is 18.0 Å². The molecule has 1 heterocycles. The topological polar surface area (TPSA) is 44.4 Å². The maximum absolute atomic E-state index is 12.8. The van der Waals surface area contributed by atoms with Gasteiger partial charge in [0.15, 0.2) is 0 Å². The number of urea groups is 1. The van der Waals surface area contributed by atoms with E-state index in [2.05, 4.69) is 15.5 Å². The maximum Gasteiger partial charge on any atom is 0.418 e. The van der Waals surface area contributed by atoms with Gasteiger partial charge in [0, 0.05) is 12.6 Å². The molecule has 7 heteroatoms. The highest BCUT2D eigenvalue weighted by Gasteiger charge is 2.33. The van der Waals surface area contributed by atoms with Gasteiger partial charge >= 0.3 is 12.2 Å². The number of benzene rings is 1. The van der Waals surface area contributed by atoms with E-state index in [9.17, 15) is 18.0 Å². The predicted molar refractivity (Wildman–Crippen MR) is 74.1 cm³/mol. The largest absolute Gasteiger partial charge is 0.418 e. The second-order valence-corrected chi connectivity index (χ2v) is 5.24. The molecule has 1 fully saturated rings. The molecule has 116 valence electrons. The van der Waals surface area contributed by atoms with Crippen LogP contribution in [-0.4, -0.2) is 37.1 Å². The molecule has 2 rings (SSSR count). The van der Waals surface area contributed by atoms with Crippen molar-refractivity contribution in [3.8, 4) is 0 Å². The molecule has 21 heavy (non-hydrogen) atoms. The third kappa shape index (κ3) is 4.35. The van der Waals surface area contributed by atoms with E-state index in [4.69, 9.17) is 0 Å². The third-order valence-electron chi connectivity index (χ3n) is 3.44. The van der Waals surface area contributed by atoms with Crippen LogP contribution in [0.4, 0.5) is 23.7 Å². The summed E-state index contributed by atoms with van der Waals surface area (Å²) in [7, 11) is 1.95. The molecule has 0 aliphatic carbocycles. The van der Waals surface area contributed by atoms with Gasteiger partial charge in [0.2, 0.25) is 0 Å². The minimum atomic E-state index is -4.49. The normalized spacial score (nSPS) is 20.1. The molecule has 0 radical (unpaired) electrons. The van der Waals surface area contributed by atoms with Crippen molar-refractivity contribution in [2.24, 2.45) is 0 Å². The summed E-state index contributed by atoms with van der Waals surface area (Å²) < 4.78 is 38.5. The lowest BCUT2D eigenvalue weighted by molar-refractivity contribution is -0.136. The lowest BCUT2D eigenvalue weighted by Gasteiger charge is -2.30. The molecule has 2 N–H and O–H groups in total. The van der Waals surface area contributed by atoms with Crippen molar-refractivity contribution in [2.75, 3.05) is 25.5 Å². The van der Waals surface area contributed by atoms with Gasteiger partial charge in [0.1, 0.15) is 0 Å². The number of piperidine rings is 1. The Morgan fingerprint density at radius 2 is 2.05 bits per heavy atom. The summed E-state index contributed by atoms with van der Waals surface area (Å²) >= 11 is 0. The van der Waals surface area contributed by atoms with Crippen LogP contribution >= 0.6 is 0 Å². The lowest BCUT2D eigenvalue weighted by Crippen LogP contribution is -2.47. The van der Waals surface area contributed by atoms with Crippen LogP contribution < -0.4 is 10.6 Å². The summed E-state index contributed by atoms with van der Waals surface area (Å²) in [6, 6.07) is 4.30. The summed E-state index contributed by atoms with van der Waals surface area (Å²) in [6.45, 7) is 1.67. The third-order valence-corrected chi connectivity index (χ3v) is 3.44. The fourth-order valence-electron chi connectivity index (χ4n) is 2.47. The van der Waals surface area contributed by atoms with E-state index in [0.717, 1.165) is 25.5 Å². The van der Waals surface area contributed by atoms with Crippen LogP contribution in [0.5, 0.6) is 0 Å². The Morgan fingerprint density at radius 1 is 1.33 bits per heavy atom. The van der Waals surface area contributed by atoms with E-state index in [0.29, 0.717) is 6.54 Å². The van der Waals surface area contributed by atoms with E-state index >= 15 is 0 Å². The number of hydrogen-bond donors (Lipinski definition) is 2. The second-order valence-electron chi connectivity index (χ2n) is 5.24. The number of halogens is 3. The monoisotopic (exact) mass is 301 g/mol. The maximum atomic E-state index is 12.8. The number of alkyl halides is 3. The number of likely N-dealkylation sites (tertiary alicyclic amines) is 1. The Morgan fingerprint density at radius 3 is 2.71 bits per heavy atom. The zero-order valence-electron chi connectivity index (χ0n) is 11.7. The van der Waals surface area contributed by atoms with Gasteiger partial charge in [-0.3, -0.25) is 0 Å². The Kier molecular flexibility index (Phi) is 4.72. The number of likely N-dealkylation sites (N-methyl/N-ethyl adjacent to an activating group) is 1. The molecular formula is C14H18F3N3O. The average Bonchev–Trinajstić information content (AvgIpc) is 2.37. The first-order chi connectivity index (χ1) is 9.86. The zero-order chi connectivity index (χ0) is 15.5. The molecule has 0 unspecified atom stereocenters. The quantitative estimate of drug-likeness (QED) is 0.882. The van der Waals surface area contributed by atoms with Crippen molar-refractivity contribution in [2.45, 2.75) is 25.1 Å². The molecule has 1 saturated heterocycles. The fraction of sp³-hybridized carbons (Fsp3) is 0.500. The number of carbonyl (C=O) groups excluding carboxylic acids is 1. The number of hydrogen-bond acceptors (Lipinski definition) is 2. The molecule has 1 aromatic rings. The number of anilines is 1. The molecule has 1 aromatic carbocycles. The smallest absolute Gasteiger partial charge is 0.334 e. The highest BCUT2D eigenvalue weighted by molar-refractivity contribution is 5.90. The van der Waals surface area contributed by atoms with Crippen LogP contribution in [0.15, 0.2) is 24.3 Å². The van der Waals surface area contributed by atoms with Gasteiger partial charge in [0.25, 0.3) is 0 Å². The van der Waals surface area contributed by atoms with Crippen LogP contribution in [0, 0.1) is 0 Å². The minimum Gasteiger partial charge on any atom is -0.334 e. The number of rotatable bonds is 2. The highest BCUT2D eigenvalue weighted by atomic mass is 19.4. The van der Waals surface area contributed by atoms with Crippen LogP contribution in [0.3, 0.4) is 0 Å². The van der Waals surface area contributed by atoms with Crippen LogP contribution in [0.2, 0.25) is 0 Å². The van der Waals surface area contributed by atoms with Crippen LogP contribution in [0.1, 0.15) is 18.4 Å². The number of carbonyl (C=O) groups is 1. The zero-order valence-corrected chi connectivity index (χ0v) is 11.7. The first-order valence-electron chi connectivity index (χ1n) is 6.78. The second kappa shape index (κ2) is 6.34. The molecule has 1 aliphatic rings. The molecule has 4 nitrogen and oxygen atoms in total. The van der Waals surface area contributed by atoms with E-state index in [1.807, 2.05) is 7.05 Å². The number of para-hydroxylation sites is 1. The van der Waals surface area contributed by atoms with Crippen LogP contribution in [-0.2, 0) is 6.18 Å². The van der Waals surface area contributed by atoms with Crippen molar-refractivity contribution in [3.63, 3.8) is 0 Å². The van der Waals surface area contributed by atoms with Crippen LogP contribution in [0.25, 0.3) is 0 Å². The van der Waals surface area contributed by atoms with E-state index in [1.165, 1.54) is 18.2 Å². The van der Waals surface area contributed by atoms with Gasteiger partial charge in [-0.2, -0.15) is 13.2 Å². The Bertz CT molecular complexity index is 504. The van der Waals surface area contributed by atoms with Gasteiger partial charge in [-0.25, -0.2) is 4.79 Å². The molecule has 1 atom stereocenters. The summed E-state index contributed by atoms with van der Waals surface area (Å²) in [6.07, 6.45) is -2.70. The standard InChI is InChI=1S/C14H18F3N3O/c1-20-8-4-5-10(9-20)18-13(21)19-12-7-3-2-6-11(12)14(15,16)17/h2-3,6-7,10H,4-5,8-9H2,1H3,(H2,18,19,21)/t10-/m1/s1. The van der Waals surface area contributed by atoms with Gasteiger partial charge in [-0.05, 0) is 38.6 Å². The Balaban J connectivity index is 2.00. The molecule has 0 bridgehead atoms. The molecule has 0 aromatic heterocycles. The summed E-state index contributed by atoms with van der Waals surface area (Å²) in [5.41, 5.74) is -1.08. The van der Waals surface area contributed by atoms with Crippen molar-refractivity contribution >= 4 is 11.7 Å². The Labute approximate surface area is 121 Å². The van der Waals surface area contributed by atoms with Gasteiger partial charge in [-0.1, -0.05) is 12.1 Å². The highest BCUT2D eigenvalue weighted by Crippen LogP contribution is 2.34. The van der Waals surface area contributed by atoms with Gasteiger partial charge in [0.05, 0.1) is 11.3 Å². The first-order valence-corrected chi connectivity index (χ1v) is 6.78. The summed E-state index contributed by atoms with van der Waals surface area (Å²) in [5, 5.41) is 5.01. The van der Waals surface area contributed by atoms with E-state index in [-0.39, 0.29) is 11.7 Å². The van der Waals surface area contributed by atoms with Crippen molar-refractivity contribution in [3.05, 3.63) is 29.8 Å². The van der Waals surface area contributed by atoms with Gasteiger partial charge in [-0.15, -0.1) is 0 Å². The number of nitrogens with one attached hydrogen (secondary N) is 2. The fourth-order valence-corrected chi connectivity index (χ4v) is 2.47. The average molecular weight is 301 g/mol. The van der Waals surface area contributed by atoms with Crippen molar-refractivity contribution in [1.29, 1.82) is 0 Å². The number of nitrogens with zero attached hydrogens (tertiary/aromatic N) is 1.